The van der Waals surface area contributed by atoms with Crippen molar-refractivity contribution in [2.75, 3.05) is 6.61 Å². The molecule has 1 heterocycles. The lowest BCUT2D eigenvalue weighted by atomic mass is 10.1. The minimum absolute atomic E-state index is 0.245. The maximum absolute atomic E-state index is 11.4. The van der Waals surface area contributed by atoms with E-state index in [2.05, 4.69) is 5.48 Å². The highest BCUT2D eigenvalue weighted by molar-refractivity contribution is 5.75. The molecule has 0 aromatic carbocycles. The molecule has 74 valence electrons. The molecule has 0 radical (unpaired) electrons. The first-order chi connectivity index (χ1) is 5.99. The Balaban J connectivity index is 2.47. The van der Waals surface area contributed by atoms with Crippen LogP contribution in [-0.2, 0) is 14.4 Å². The summed E-state index contributed by atoms with van der Waals surface area (Å²) in [5.74, 6) is -0.536. The number of carbonyl (C=O) groups excluding carboxylic acids is 1. The van der Waals surface area contributed by atoms with E-state index in [4.69, 9.17) is 9.57 Å². The first-order valence-electron chi connectivity index (χ1n) is 4.26. The molecule has 0 saturated carbocycles. The summed E-state index contributed by atoms with van der Waals surface area (Å²) >= 11 is 0. The molecule has 0 fully saturated rings. The molecule has 4 heteroatoms. The Morgan fingerprint density at radius 2 is 2.31 bits per heavy atom. The van der Waals surface area contributed by atoms with Gasteiger partial charge in [-0.1, -0.05) is 0 Å². The molecule has 0 saturated heterocycles. The average Bonchev–Trinajstić information content (AvgIpc) is 2.03. The lowest BCUT2D eigenvalue weighted by Crippen LogP contribution is -2.33. The molecule has 0 bridgehead atoms. The van der Waals surface area contributed by atoms with Crippen LogP contribution in [0.1, 0.15) is 20.8 Å². The molecule has 0 aliphatic carbocycles. The number of hydroxylamine groups is 1. The topological polar surface area (TPSA) is 47.6 Å². The highest BCUT2D eigenvalue weighted by Crippen LogP contribution is 2.13. The van der Waals surface area contributed by atoms with E-state index in [1.54, 1.807) is 12.3 Å². The van der Waals surface area contributed by atoms with Crippen LogP contribution >= 0.6 is 0 Å². The van der Waals surface area contributed by atoms with E-state index in [-0.39, 0.29) is 11.9 Å². The molecule has 1 N–H and O–H groups in total. The summed E-state index contributed by atoms with van der Waals surface area (Å²) < 4.78 is 5.18. The number of nitrogens with one attached hydrogen (secondary N) is 1. The Labute approximate surface area is 77.9 Å². The van der Waals surface area contributed by atoms with Crippen molar-refractivity contribution in [2.24, 2.45) is 5.92 Å². The summed E-state index contributed by atoms with van der Waals surface area (Å²) in [6.07, 6.45) is 3.33. The lowest BCUT2D eigenvalue weighted by Gasteiger charge is -2.23. The summed E-state index contributed by atoms with van der Waals surface area (Å²) in [6.45, 7) is 5.86. The molecule has 4 nitrogen and oxygen atoms in total. The van der Waals surface area contributed by atoms with Crippen molar-refractivity contribution in [3.05, 3.63) is 12.3 Å². The fraction of sp³-hybridized carbons (Fsp3) is 0.667. The maximum atomic E-state index is 11.4. The van der Waals surface area contributed by atoms with Gasteiger partial charge in [-0.15, -0.1) is 0 Å². The van der Waals surface area contributed by atoms with Gasteiger partial charge in [0.2, 0.25) is 0 Å². The molecule has 1 atom stereocenters. The van der Waals surface area contributed by atoms with Crippen LogP contribution in [-0.4, -0.2) is 18.2 Å². The van der Waals surface area contributed by atoms with E-state index in [1.165, 1.54) is 0 Å². The van der Waals surface area contributed by atoms with Crippen molar-refractivity contribution in [3.8, 4) is 0 Å². The van der Waals surface area contributed by atoms with Crippen molar-refractivity contribution in [1.29, 1.82) is 0 Å². The predicted octanol–water partition coefficient (Wildman–Crippen LogP) is 0.993. The SMILES string of the molecule is CC(C)(C)OC(=O)C1C=CNOC1. The van der Waals surface area contributed by atoms with Gasteiger partial charge in [-0.25, -0.2) is 0 Å². The molecule has 0 spiro atoms. The summed E-state index contributed by atoms with van der Waals surface area (Å²) in [7, 11) is 0. The van der Waals surface area contributed by atoms with Crippen LogP contribution in [0.4, 0.5) is 0 Å². The molecule has 1 aliphatic heterocycles. The quantitative estimate of drug-likeness (QED) is 0.619. The van der Waals surface area contributed by atoms with Crippen LogP contribution in [0, 0.1) is 5.92 Å². The molecular weight excluding hydrogens is 170 g/mol. The normalized spacial score (nSPS) is 22.2. The number of carbonyl (C=O) groups is 1. The summed E-state index contributed by atoms with van der Waals surface area (Å²) in [5.41, 5.74) is 2.11. The van der Waals surface area contributed by atoms with Gasteiger partial charge < -0.3 is 4.74 Å². The van der Waals surface area contributed by atoms with Crippen molar-refractivity contribution < 1.29 is 14.4 Å². The fourth-order valence-corrected chi connectivity index (χ4v) is 0.921. The molecule has 1 unspecified atom stereocenters. The van der Waals surface area contributed by atoms with Crippen LogP contribution in [0.25, 0.3) is 0 Å². The Kier molecular flexibility index (Phi) is 2.93. The zero-order valence-electron chi connectivity index (χ0n) is 8.16. The number of rotatable bonds is 1. The fourth-order valence-electron chi connectivity index (χ4n) is 0.921. The van der Waals surface area contributed by atoms with Crippen LogP contribution in [0.5, 0.6) is 0 Å². The lowest BCUT2D eigenvalue weighted by molar-refractivity contribution is -0.161. The highest BCUT2D eigenvalue weighted by Gasteiger charge is 2.24. The first-order valence-corrected chi connectivity index (χ1v) is 4.26. The van der Waals surface area contributed by atoms with Crippen molar-refractivity contribution in [1.82, 2.24) is 5.48 Å². The zero-order valence-corrected chi connectivity index (χ0v) is 8.16. The Morgan fingerprint density at radius 1 is 1.62 bits per heavy atom. The van der Waals surface area contributed by atoms with Gasteiger partial charge in [0.1, 0.15) is 11.5 Å². The second kappa shape index (κ2) is 3.79. The monoisotopic (exact) mass is 185 g/mol. The van der Waals surface area contributed by atoms with E-state index >= 15 is 0 Å². The van der Waals surface area contributed by atoms with Gasteiger partial charge in [-0.05, 0) is 26.8 Å². The average molecular weight is 185 g/mol. The largest absolute Gasteiger partial charge is 0.459 e. The third kappa shape index (κ3) is 3.46. The minimum atomic E-state index is -0.435. The molecular formula is C9H15NO3. The number of hydrogen-bond acceptors (Lipinski definition) is 4. The van der Waals surface area contributed by atoms with Gasteiger partial charge >= 0.3 is 5.97 Å². The second-order valence-electron chi connectivity index (χ2n) is 3.93. The number of ether oxygens (including phenoxy) is 1. The molecule has 13 heavy (non-hydrogen) atoms. The molecule has 0 aromatic rings. The van der Waals surface area contributed by atoms with E-state index < -0.39 is 5.60 Å². The Morgan fingerprint density at radius 3 is 2.77 bits per heavy atom. The van der Waals surface area contributed by atoms with E-state index in [1.807, 2.05) is 20.8 Å². The minimum Gasteiger partial charge on any atom is -0.459 e. The van der Waals surface area contributed by atoms with E-state index in [9.17, 15) is 4.79 Å². The predicted molar refractivity (Wildman–Crippen MR) is 47.6 cm³/mol. The van der Waals surface area contributed by atoms with Gasteiger partial charge in [0.05, 0.1) is 6.61 Å². The third-order valence-electron chi connectivity index (χ3n) is 1.45. The summed E-state index contributed by atoms with van der Waals surface area (Å²) in [5, 5.41) is 0. The van der Waals surface area contributed by atoms with E-state index in [0.29, 0.717) is 6.61 Å². The number of esters is 1. The molecule has 0 amide bonds. The summed E-state index contributed by atoms with van der Waals surface area (Å²) in [4.78, 5) is 16.3. The standard InChI is InChI=1S/C9H15NO3/c1-9(2,3)13-8(11)7-4-5-10-12-6-7/h4-5,7,10H,6H2,1-3H3. The van der Waals surface area contributed by atoms with Crippen molar-refractivity contribution >= 4 is 5.97 Å². The van der Waals surface area contributed by atoms with Crippen molar-refractivity contribution in [2.45, 2.75) is 26.4 Å². The second-order valence-corrected chi connectivity index (χ2v) is 3.93. The smallest absolute Gasteiger partial charge is 0.315 e. The Hall–Kier alpha value is -1.03. The van der Waals surface area contributed by atoms with Crippen LogP contribution in [0.15, 0.2) is 12.3 Å². The van der Waals surface area contributed by atoms with Crippen LogP contribution in [0.2, 0.25) is 0 Å². The Bertz CT molecular complexity index is 217. The van der Waals surface area contributed by atoms with Crippen molar-refractivity contribution in [3.63, 3.8) is 0 Å². The molecule has 1 aliphatic rings. The van der Waals surface area contributed by atoms with Gasteiger partial charge in [0.25, 0.3) is 0 Å². The number of hydrogen-bond donors (Lipinski definition) is 1. The van der Waals surface area contributed by atoms with Gasteiger partial charge in [0, 0.05) is 6.20 Å². The third-order valence-corrected chi connectivity index (χ3v) is 1.45. The van der Waals surface area contributed by atoms with E-state index in [0.717, 1.165) is 0 Å². The van der Waals surface area contributed by atoms with Gasteiger partial charge in [-0.3, -0.25) is 15.1 Å². The molecule has 1 rings (SSSR count). The molecule has 0 aromatic heterocycles. The summed E-state index contributed by atoms with van der Waals surface area (Å²) in [6, 6.07) is 0. The first kappa shape index (κ1) is 10.1. The van der Waals surface area contributed by atoms with Crippen LogP contribution < -0.4 is 5.48 Å². The van der Waals surface area contributed by atoms with Crippen LogP contribution in [0.3, 0.4) is 0 Å². The highest BCUT2D eigenvalue weighted by atomic mass is 16.6. The maximum Gasteiger partial charge on any atom is 0.315 e. The van der Waals surface area contributed by atoms with Gasteiger partial charge in [0.15, 0.2) is 0 Å². The zero-order chi connectivity index (χ0) is 9.90. The van der Waals surface area contributed by atoms with Gasteiger partial charge in [-0.2, -0.15) is 0 Å².